The van der Waals surface area contributed by atoms with E-state index in [0.29, 0.717) is 28.3 Å². The number of hydrogen-bond donors (Lipinski definition) is 2. The third-order valence-electron chi connectivity index (χ3n) is 4.60. The molecule has 0 atom stereocenters. The summed E-state index contributed by atoms with van der Waals surface area (Å²) in [6.07, 6.45) is 4.38. The van der Waals surface area contributed by atoms with Gasteiger partial charge in [-0.3, -0.25) is 4.72 Å². The van der Waals surface area contributed by atoms with Crippen LogP contribution >= 0.6 is 0 Å². The molecule has 0 radical (unpaired) electrons. The lowest BCUT2D eigenvalue weighted by atomic mass is 10.2. The van der Waals surface area contributed by atoms with Crippen LogP contribution in [0.25, 0.3) is 22.6 Å². The van der Waals surface area contributed by atoms with Crippen molar-refractivity contribution in [2.24, 2.45) is 7.05 Å². The molecule has 0 fully saturated rings. The minimum atomic E-state index is -3.81. The van der Waals surface area contributed by atoms with Crippen LogP contribution in [0, 0.1) is 0 Å². The topological polar surface area (TPSA) is 160 Å². The second kappa shape index (κ2) is 7.46. The molecule has 4 aromatic heterocycles. The minimum Gasteiger partial charge on any atom is -0.463 e. The number of fused-ring (bicyclic) bond motifs is 1. The molecule has 162 valence electrons. The van der Waals surface area contributed by atoms with Gasteiger partial charge in [-0.1, -0.05) is 17.3 Å². The van der Waals surface area contributed by atoms with Crippen LogP contribution in [-0.4, -0.2) is 42.9 Å². The molecule has 5 aromatic rings. The number of nitrogens with zero attached hydrogens (tertiary/aromatic N) is 7. The molecule has 0 aliphatic heterocycles. The summed E-state index contributed by atoms with van der Waals surface area (Å²) in [5.74, 6) is 0.561. The Labute approximate surface area is 181 Å². The van der Waals surface area contributed by atoms with Gasteiger partial charge in [0.15, 0.2) is 22.0 Å². The number of nitrogen functional groups attached to an aromatic ring is 1. The van der Waals surface area contributed by atoms with E-state index >= 15 is 0 Å². The lowest BCUT2D eigenvalue weighted by molar-refractivity contribution is 0.580. The number of benzene rings is 1. The van der Waals surface area contributed by atoms with E-state index < -0.39 is 10.0 Å². The van der Waals surface area contributed by atoms with Gasteiger partial charge in [-0.15, -0.1) is 5.10 Å². The minimum absolute atomic E-state index is 0.0596. The van der Waals surface area contributed by atoms with Gasteiger partial charge in [0, 0.05) is 18.9 Å². The van der Waals surface area contributed by atoms with Crippen molar-refractivity contribution in [2.75, 3.05) is 10.5 Å². The van der Waals surface area contributed by atoms with Crippen molar-refractivity contribution in [1.82, 2.24) is 34.5 Å². The summed E-state index contributed by atoms with van der Waals surface area (Å²) in [5.41, 5.74) is 8.37. The monoisotopic (exact) mass is 451 g/mol. The van der Waals surface area contributed by atoms with E-state index in [9.17, 15) is 8.42 Å². The van der Waals surface area contributed by atoms with E-state index in [1.807, 2.05) is 6.07 Å². The smallest absolute Gasteiger partial charge is 0.280 e. The summed E-state index contributed by atoms with van der Waals surface area (Å²) in [7, 11) is -2.11. The Morgan fingerprint density at radius 3 is 2.81 bits per heavy atom. The number of rotatable bonds is 6. The Hall–Kier alpha value is -4.26. The Bertz CT molecular complexity index is 1520. The van der Waals surface area contributed by atoms with Gasteiger partial charge in [-0.05, 0) is 29.8 Å². The van der Waals surface area contributed by atoms with E-state index in [0.717, 1.165) is 5.56 Å². The summed E-state index contributed by atoms with van der Waals surface area (Å²) in [6, 6.07) is 10.4. The number of hydrogen-bond acceptors (Lipinski definition) is 9. The lowest BCUT2D eigenvalue weighted by Gasteiger charge is -2.08. The van der Waals surface area contributed by atoms with Crippen molar-refractivity contribution in [3.63, 3.8) is 0 Å². The van der Waals surface area contributed by atoms with Crippen molar-refractivity contribution in [2.45, 2.75) is 11.6 Å². The second-order valence-corrected chi connectivity index (χ2v) is 8.64. The van der Waals surface area contributed by atoms with E-state index in [1.54, 1.807) is 46.6 Å². The molecule has 4 heterocycles. The maximum Gasteiger partial charge on any atom is 0.280 e. The summed E-state index contributed by atoms with van der Waals surface area (Å²) >= 11 is 0. The molecule has 0 saturated carbocycles. The van der Waals surface area contributed by atoms with Crippen LogP contribution in [-0.2, 0) is 23.6 Å². The number of aromatic nitrogens is 7. The van der Waals surface area contributed by atoms with Gasteiger partial charge < -0.3 is 14.7 Å². The Morgan fingerprint density at radius 1 is 1.19 bits per heavy atom. The zero-order valence-corrected chi connectivity index (χ0v) is 17.6. The van der Waals surface area contributed by atoms with E-state index in [4.69, 9.17) is 10.2 Å². The molecule has 0 saturated heterocycles. The SMILES string of the molecule is Cn1cnc(S(=O)(=O)Nc2cccc(Cn3nnc4c(-c5ccco5)nc(N)nc43)c2)c1. The highest BCUT2D eigenvalue weighted by molar-refractivity contribution is 7.92. The highest BCUT2D eigenvalue weighted by atomic mass is 32.2. The summed E-state index contributed by atoms with van der Waals surface area (Å²) in [5, 5.41) is 8.29. The molecule has 0 aliphatic rings. The first-order chi connectivity index (χ1) is 15.4. The lowest BCUT2D eigenvalue weighted by Crippen LogP contribution is -2.13. The molecule has 0 aliphatic carbocycles. The molecule has 0 spiro atoms. The van der Waals surface area contributed by atoms with Crippen LogP contribution in [0.1, 0.15) is 5.56 Å². The first-order valence-corrected chi connectivity index (χ1v) is 10.9. The van der Waals surface area contributed by atoms with Gasteiger partial charge in [0.05, 0.1) is 19.1 Å². The predicted molar refractivity (Wildman–Crippen MR) is 115 cm³/mol. The first-order valence-electron chi connectivity index (χ1n) is 9.39. The number of aryl methyl sites for hydroxylation is 1. The van der Waals surface area contributed by atoms with Crippen molar-refractivity contribution in [3.8, 4) is 11.5 Å². The Kier molecular flexibility index (Phi) is 4.59. The highest BCUT2D eigenvalue weighted by Gasteiger charge is 2.19. The highest BCUT2D eigenvalue weighted by Crippen LogP contribution is 2.26. The summed E-state index contributed by atoms with van der Waals surface area (Å²) in [4.78, 5) is 12.4. The third kappa shape index (κ3) is 3.65. The molecule has 0 amide bonds. The standard InChI is InChI=1S/C19H17N9O3S/c1-27-10-15(21-11-27)32(29,30)25-13-5-2-4-12(8-13)9-28-18-17(24-26-28)16(22-19(20)23-18)14-6-3-7-31-14/h2-8,10-11,25H,9H2,1H3,(H2,20,22,23). The van der Waals surface area contributed by atoms with Crippen molar-refractivity contribution >= 4 is 32.8 Å². The fourth-order valence-corrected chi connectivity index (χ4v) is 4.24. The van der Waals surface area contributed by atoms with Crippen molar-refractivity contribution in [3.05, 3.63) is 60.7 Å². The maximum atomic E-state index is 12.6. The first kappa shape index (κ1) is 19.7. The van der Waals surface area contributed by atoms with Gasteiger partial charge in [-0.25, -0.2) is 14.6 Å². The quantitative estimate of drug-likeness (QED) is 0.391. The molecule has 12 nitrogen and oxygen atoms in total. The maximum absolute atomic E-state index is 12.6. The summed E-state index contributed by atoms with van der Waals surface area (Å²) < 4.78 is 36.2. The van der Waals surface area contributed by atoms with Gasteiger partial charge in [0.1, 0.15) is 5.69 Å². The van der Waals surface area contributed by atoms with Gasteiger partial charge >= 0.3 is 0 Å². The fraction of sp³-hybridized carbons (Fsp3) is 0.105. The number of furan rings is 1. The molecule has 0 unspecified atom stereocenters. The number of nitrogens with two attached hydrogens (primary N) is 1. The summed E-state index contributed by atoms with van der Waals surface area (Å²) in [6.45, 7) is 0.281. The Morgan fingerprint density at radius 2 is 2.06 bits per heavy atom. The Balaban J connectivity index is 1.45. The van der Waals surface area contributed by atoms with Gasteiger partial charge in [-0.2, -0.15) is 13.4 Å². The molecule has 32 heavy (non-hydrogen) atoms. The molecular weight excluding hydrogens is 434 g/mol. The van der Waals surface area contributed by atoms with Crippen LogP contribution in [0.15, 0.2) is 64.6 Å². The van der Waals surface area contributed by atoms with Gasteiger partial charge in [0.2, 0.25) is 5.95 Å². The average Bonchev–Trinajstić information content (AvgIpc) is 3.49. The van der Waals surface area contributed by atoms with Crippen molar-refractivity contribution < 1.29 is 12.8 Å². The zero-order valence-electron chi connectivity index (χ0n) is 16.7. The van der Waals surface area contributed by atoms with Crippen LogP contribution < -0.4 is 10.5 Å². The normalized spacial score (nSPS) is 11.8. The van der Waals surface area contributed by atoms with Crippen LogP contribution in [0.3, 0.4) is 0 Å². The van der Waals surface area contributed by atoms with Crippen molar-refractivity contribution in [1.29, 1.82) is 0 Å². The van der Waals surface area contributed by atoms with Crippen LogP contribution in [0.2, 0.25) is 0 Å². The van der Waals surface area contributed by atoms with E-state index in [-0.39, 0.29) is 17.5 Å². The molecule has 13 heteroatoms. The van der Waals surface area contributed by atoms with E-state index in [2.05, 4.69) is 30.0 Å². The molecule has 3 N–H and O–H groups in total. The van der Waals surface area contributed by atoms with Crippen LogP contribution in [0.4, 0.5) is 11.6 Å². The largest absolute Gasteiger partial charge is 0.463 e. The molecular formula is C19H17N9O3S. The van der Waals surface area contributed by atoms with Gasteiger partial charge in [0.25, 0.3) is 10.0 Å². The molecule has 0 bridgehead atoms. The molecule has 1 aromatic carbocycles. The number of sulfonamides is 1. The zero-order chi connectivity index (χ0) is 22.3. The third-order valence-corrected chi connectivity index (χ3v) is 5.87. The predicted octanol–water partition coefficient (Wildman–Crippen LogP) is 1.65. The number of anilines is 2. The van der Waals surface area contributed by atoms with E-state index in [1.165, 1.54) is 18.8 Å². The molecule has 5 rings (SSSR count). The second-order valence-electron chi connectivity index (χ2n) is 7.01. The fourth-order valence-electron chi connectivity index (χ4n) is 3.21. The van der Waals surface area contributed by atoms with Crippen LogP contribution in [0.5, 0.6) is 0 Å². The number of imidazole rings is 1. The average molecular weight is 451 g/mol. The number of nitrogens with one attached hydrogen (secondary N) is 1.